The average Bonchev–Trinajstić information content (AvgIpc) is 2.13. The van der Waals surface area contributed by atoms with Crippen molar-refractivity contribution < 1.29 is 23.5 Å². The van der Waals surface area contributed by atoms with E-state index in [0.29, 0.717) is 0 Å². The van der Waals surface area contributed by atoms with E-state index in [2.05, 4.69) is 6.58 Å². The number of hydrogen-bond acceptors (Lipinski definition) is 5. The summed E-state index contributed by atoms with van der Waals surface area (Å²) < 4.78 is 14.8. The predicted molar refractivity (Wildman–Crippen MR) is 56.8 cm³/mol. The summed E-state index contributed by atoms with van der Waals surface area (Å²) in [5, 5.41) is 0. The Morgan fingerprint density at radius 1 is 1.40 bits per heavy atom. The molecule has 0 fully saturated rings. The monoisotopic (exact) mass is 232 g/mol. The van der Waals surface area contributed by atoms with Gasteiger partial charge in [0.25, 0.3) is 0 Å². The zero-order valence-corrected chi connectivity index (χ0v) is 10.4. The van der Waals surface area contributed by atoms with Gasteiger partial charge in [0.15, 0.2) is 16.4 Å². The molecule has 0 heterocycles. The third-order valence-corrected chi connectivity index (χ3v) is 2.60. The van der Waals surface area contributed by atoms with E-state index in [-0.39, 0.29) is 6.61 Å². The van der Waals surface area contributed by atoms with E-state index in [1.807, 2.05) is 0 Å². The van der Waals surface area contributed by atoms with Crippen LogP contribution in [0.1, 0.15) is 13.8 Å². The lowest BCUT2D eigenvalue weighted by Gasteiger charge is -2.16. The molecular formula is C9H16O5Si. The Hall–Kier alpha value is -1.14. The Bertz CT molecular complexity index is 229. The van der Waals surface area contributed by atoms with Crippen molar-refractivity contribution in [2.75, 3.05) is 6.61 Å². The zero-order valence-electron chi connectivity index (χ0n) is 9.02. The van der Waals surface area contributed by atoms with Crippen LogP contribution in [-0.2, 0) is 23.5 Å². The summed E-state index contributed by atoms with van der Waals surface area (Å²) in [7, 11) is -0.811. The molecule has 1 atom stereocenters. The molecule has 0 rings (SSSR count). The van der Waals surface area contributed by atoms with Crippen molar-refractivity contribution in [1.29, 1.82) is 0 Å². The van der Waals surface area contributed by atoms with E-state index >= 15 is 0 Å². The minimum absolute atomic E-state index is 0.0565. The summed E-state index contributed by atoms with van der Waals surface area (Å²) in [6, 6.07) is 0.776. The molecule has 1 unspecified atom stereocenters. The van der Waals surface area contributed by atoms with E-state index in [1.54, 1.807) is 6.08 Å². The fourth-order valence-corrected chi connectivity index (χ4v) is 1.50. The average molecular weight is 232 g/mol. The van der Waals surface area contributed by atoms with Crippen molar-refractivity contribution in [2.45, 2.75) is 26.2 Å². The van der Waals surface area contributed by atoms with Gasteiger partial charge >= 0.3 is 11.9 Å². The molecule has 0 aliphatic heterocycles. The highest BCUT2D eigenvalue weighted by Crippen LogP contribution is 1.98. The van der Waals surface area contributed by atoms with Crippen molar-refractivity contribution in [3.8, 4) is 0 Å². The number of hydrogen-bond donors (Lipinski definition) is 0. The number of allylic oxidation sites excluding steroid dienone is 1. The van der Waals surface area contributed by atoms with Crippen LogP contribution in [-0.4, -0.2) is 34.6 Å². The summed E-state index contributed by atoms with van der Waals surface area (Å²) in [4.78, 5) is 21.2. The molecule has 0 N–H and O–H groups in total. The highest BCUT2D eigenvalue weighted by Gasteiger charge is 2.13. The Labute approximate surface area is 91.3 Å². The van der Waals surface area contributed by atoms with E-state index in [9.17, 15) is 9.59 Å². The largest absolute Gasteiger partial charge is 0.459 e. The van der Waals surface area contributed by atoms with Crippen molar-refractivity contribution in [1.82, 2.24) is 0 Å². The van der Waals surface area contributed by atoms with Gasteiger partial charge in [-0.15, -0.1) is 6.58 Å². The summed E-state index contributed by atoms with van der Waals surface area (Å²) >= 11 is 0. The van der Waals surface area contributed by atoms with Gasteiger partial charge < -0.3 is 13.9 Å². The summed E-state index contributed by atoms with van der Waals surface area (Å²) in [5.41, 5.74) is 0. The van der Waals surface area contributed by atoms with Crippen LogP contribution in [0.2, 0.25) is 6.04 Å². The SMILES string of the molecule is C=CC[SiH2]OC(COC(C)=O)OC(C)=O. The van der Waals surface area contributed by atoms with E-state index in [4.69, 9.17) is 13.9 Å². The van der Waals surface area contributed by atoms with Gasteiger partial charge in [-0.05, 0) is 6.04 Å². The molecule has 0 bridgehead atoms. The first-order valence-electron chi connectivity index (χ1n) is 4.59. The van der Waals surface area contributed by atoms with Crippen LogP contribution in [0.3, 0.4) is 0 Å². The predicted octanol–water partition coefficient (Wildman–Crippen LogP) is 0.143. The lowest BCUT2D eigenvalue weighted by molar-refractivity contribution is -0.174. The van der Waals surface area contributed by atoms with E-state index in [0.717, 1.165) is 6.04 Å². The molecule has 0 aromatic rings. The molecular weight excluding hydrogens is 216 g/mol. The molecule has 0 aromatic carbocycles. The molecule has 0 radical (unpaired) electrons. The third-order valence-electron chi connectivity index (χ3n) is 1.35. The first kappa shape index (κ1) is 13.9. The molecule has 6 heteroatoms. The highest BCUT2D eigenvalue weighted by molar-refractivity contribution is 6.27. The lowest BCUT2D eigenvalue weighted by Crippen LogP contribution is -2.27. The quantitative estimate of drug-likeness (QED) is 0.205. The minimum atomic E-state index is -0.811. The van der Waals surface area contributed by atoms with Crippen LogP contribution in [0.5, 0.6) is 0 Å². The maximum atomic E-state index is 10.7. The Morgan fingerprint density at radius 3 is 2.53 bits per heavy atom. The third kappa shape index (κ3) is 9.17. The van der Waals surface area contributed by atoms with E-state index in [1.165, 1.54) is 13.8 Å². The van der Waals surface area contributed by atoms with Crippen LogP contribution in [0.15, 0.2) is 12.7 Å². The van der Waals surface area contributed by atoms with Gasteiger partial charge in [0, 0.05) is 13.8 Å². The van der Waals surface area contributed by atoms with Crippen molar-refractivity contribution in [3.05, 3.63) is 12.7 Å². The van der Waals surface area contributed by atoms with Crippen LogP contribution in [0.25, 0.3) is 0 Å². The van der Waals surface area contributed by atoms with Crippen molar-refractivity contribution in [3.63, 3.8) is 0 Å². The van der Waals surface area contributed by atoms with Gasteiger partial charge in [-0.3, -0.25) is 9.59 Å². The molecule has 0 saturated carbocycles. The van der Waals surface area contributed by atoms with Gasteiger partial charge in [-0.1, -0.05) is 6.08 Å². The first-order valence-corrected chi connectivity index (χ1v) is 6.17. The normalized spacial score (nSPS) is 12.4. The Morgan fingerprint density at radius 2 is 2.07 bits per heavy atom. The van der Waals surface area contributed by atoms with Gasteiger partial charge in [-0.25, -0.2) is 0 Å². The van der Waals surface area contributed by atoms with Crippen LogP contribution in [0.4, 0.5) is 0 Å². The molecule has 0 saturated heterocycles. The van der Waals surface area contributed by atoms with Gasteiger partial charge in [-0.2, -0.15) is 0 Å². The number of carbonyl (C=O) groups is 2. The molecule has 86 valence electrons. The van der Waals surface area contributed by atoms with Gasteiger partial charge in [0.2, 0.25) is 6.29 Å². The van der Waals surface area contributed by atoms with Gasteiger partial charge in [0.1, 0.15) is 0 Å². The van der Waals surface area contributed by atoms with Crippen LogP contribution >= 0.6 is 0 Å². The maximum Gasteiger partial charge on any atom is 0.305 e. The van der Waals surface area contributed by atoms with Crippen LogP contribution < -0.4 is 0 Å². The molecule has 15 heavy (non-hydrogen) atoms. The highest BCUT2D eigenvalue weighted by atomic mass is 28.2. The summed E-state index contributed by atoms with van der Waals surface area (Å²) in [6.45, 7) is 6.06. The second kappa shape index (κ2) is 8.19. The van der Waals surface area contributed by atoms with Crippen molar-refractivity contribution in [2.24, 2.45) is 0 Å². The Kier molecular flexibility index (Phi) is 7.56. The second-order valence-electron chi connectivity index (χ2n) is 2.79. The smallest absolute Gasteiger partial charge is 0.305 e. The molecule has 0 aliphatic carbocycles. The summed E-state index contributed by atoms with van der Waals surface area (Å²) in [6.07, 6.45) is 0.959. The number of esters is 2. The maximum absolute atomic E-state index is 10.7. The van der Waals surface area contributed by atoms with Gasteiger partial charge in [0.05, 0.1) is 0 Å². The fourth-order valence-electron chi connectivity index (χ4n) is 0.769. The number of carbonyl (C=O) groups excluding carboxylic acids is 2. The first-order chi connectivity index (χ1) is 7.06. The molecule has 0 spiro atoms. The Balaban J connectivity index is 3.88. The topological polar surface area (TPSA) is 61.8 Å². The standard InChI is InChI=1S/C9H16O5Si/c1-4-5-15-14-9(13-8(3)11)6-12-7(2)10/h4,9H,1,5-6,15H2,2-3H3. The molecule has 0 aromatic heterocycles. The van der Waals surface area contributed by atoms with Crippen LogP contribution in [0, 0.1) is 0 Å². The number of rotatable bonds is 7. The minimum Gasteiger partial charge on any atom is -0.459 e. The molecule has 0 aliphatic rings. The zero-order chi connectivity index (χ0) is 11.7. The molecule has 5 nitrogen and oxygen atoms in total. The summed E-state index contributed by atoms with van der Waals surface area (Å²) in [5.74, 6) is -0.888. The van der Waals surface area contributed by atoms with E-state index < -0.39 is 28.0 Å². The fraction of sp³-hybridized carbons (Fsp3) is 0.556. The second-order valence-corrected chi connectivity index (χ2v) is 4.11. The molecule has 0 amide bonds. The lowest BCUT2D eigenvalue weighted by atomic mass is 10.6. The van der Waals surface area contributed by atoms with Crippen molar-refractivity contribution >= 4 is 21.7 Å². The number of ether oxygens (including phenoxy) is 2.